The molecule has 2 rings (SSSR count). The van der Waals surface area contributed by atoms with Crippen molar-refractivity contribution in [2.75, 3.05) is 13.1 Å². The maximum Gasteiger partial charge on any atom is 0.311 e. The second-order valence-electron chi connectivity index (χ2n) is 5.36. The highest BCUT2D eigenvalue weighted by Gasteiger charge is 2.39. The van der Waals surface area contributed by atoms with Gasteiger partial charge < -0.3 is 15.1 Å². The van der Waals surface area contributed by atoms with Crippen LogP contribution in [0.4, 0.5) is 0 Å². The maximum absolute atomic E-state index is 12.4. The van der Waals surface area contributed by atoms with Gasteiger partial charge in [0.05, 0.1) is 10.4 Å². The normalized spacial score (nSPS) is 22.6. The van der Waals surface area contributed by atoms with E-state index in [0.717, 1.165) is 0 Å². The van der Waals surface area contributed by atoms with Crippen molar-refractivity contribution in [1.29, 1.82) is 0 Å². The van der Waals surface area contributed by atoms with Crippen LogP contribution in [0.3, 0.4) is 0 Å². The van der Waals surface area contributed by atoms with E-state index in [1.54, 1.807) is 6.92 Å². The Labute approximate surface area is 121 Å². The highest BCUT2D eigenvalue weighted by atomic mass is 35.5. The first-order valence-corrected chi connectivity index (χ1v) is 6.72. The summed E-state index contributed by atoms with van der Waals surface area (Å²) in [5, 5.41) is 18.7. The van der Waals surface area contributed by atoms with Crippen LogP contribution in [-0.2, 0) is 4.79 Å². The lowest BCUT2D eigenvalue weighted by Gasteiger charge is -2.37. The van der Waals surface area contributed by atoms with Crippen molar-refractivity contribution < 1.29 is 19.8 Å². The number of carbonyl (C=O) groups excluding carboxylic acids is 1. The number of hydrogen-bond donors (Lipinski definition) is 2. The summed E-state index contributed by atoms with van der Waals surface area (Å²) in [4.78, 5) is 25.2. The van der Waals surface area contributed by atoms with E-state index in [2.05, 4.69) is 0 Å². The van der Waals surface area contributed by atoms with Crippen molar-refractivity contribution in [3.8, 4) is 5.75 Å². The lowest BCUT2D eigenvalue weighted by molar-refractivity contribution is -0.150. The molecule has 2 N–H and O–H groups in total. The fourth-order valence-electron chi connectivity index (χ4n) is 2.41. The number of halogens is 1. The molecule has 1 saturated heterocycles. The Morgan fingerprint density at radius 2 is 2.10 bits per heavy atom. The summed E-state index contributed by atoms with van der Waals surface area (Å²) in [5.41, 5.74) is -0.559. The molecule has 5 nitrogen and oxygen atoms in total. The number of aliphatic carboxylic acids is 1. The molecule has 6 heteroatoms. The molecular formula is C14H16ClNO4. The number of carbonyl (C=O) groups is 2. The fraction of sp³-hybridized carbons (Fsp3) is 0.429. The summed E-state index contributed by atoms with van der Waals surface area (Å²) in [6.45, 7) is 2.36. The first-order valence-electron chi connectivity index (χ1n) is 6.35. The number of aromatic hydroxyl groups is 1. The molecule has 1 aliphatic rings. The third-order valence-electron chi connectivity index (χ3n) is 3.69. The maximum atomic E-state index is 12.4. The molecule has 0 aliphatic carbocycles. The second-order valence-corrected chi connectivity index (χ2v) is 5.77. The Morgan fingerprint density at radius 3 is 2.70 bits per heavy atom. The van der Waals surface area contributed by atoms with Crippen LogP contribution in [-0.4, -0.2) is 40.1 Å². The third kappa shape index (κ3) is 2.72. The minimum atomic E-state index is -0.908. The zero-order valence-corrected chi connectivity index (χ0v) is 11.9. The van der Waals surface area contributed by atoms with Gasteiger partial charge in [0.1, 0.15) is 5.75 Å². The number of amides is 1. The number of rotatable bonds is 2. The molecule has 0 radical (unpaired) electrons. The SMILES string of the molecule is CC1(C(=O)O)CCCN(C(=O)c2ccc(O)c(Cl)c2)C1. The monoisotopic (exact) mass is 297 g/mol. The number of carboxylic acids is 1. The van der Waals surface area contributed by atoms with Gasteiger partial charge in [-0.25, -0.2) is 0 Å². The molecular weight excluding hydrogens is 282 g/mol. The summed E-state index contributed by atoms with van der Waals surface area (Å²) < 4.78 is 0. The Morgan fingerprint density at radius 1 is 1.40 bits per heavy atom. The van der Waals surface area contributed by atoms with Gasteiger partial charge in [-0.2, -0.15) is 0 Å². The molecule has 1 aromatic rings. The van der Waals surface area contributed by atoms with Crippen molar-refractivity contribution in [2.45, 2.75) is 19.8 Å². The van der Waals surface area contributed by atoms with Crippen LogP contribution in [0.25, 0.3) is 0 Å². The van der Waals surface area contributed by atoms with Gasteiger partial charge in [-0.1, -0.05) is 11.6 Å². The first-order chi connectivity index (χ1) is 9.33. The number of phenols is 1. The Balaban J connectivity index is 2.20. The zero-order chi connectivity index (χ0) is 14.9. The van der Waals surface area contributed by atoms with Gasteiger partial charge in [-0.15, -0.1) is 0 Å². The molecule has 20 heavy (non-hydrogen) atoms. The minimum absolute atomic E-state index is 0.0859. The minimum Gasteiger partial charge on any atom is -0.506 e. The molecule has 1 fully saturated rings. The number of nitrogens with zero attached hydrogens (tertiary/aromatic N) is 1. The largest absolute Gasteiger partial charge is 0.506 e. The molecule has 0 bridgehead atoms. The van der Waals surface area contributed by atoms with E-state index >= 15 is 0 Å². The van der Waals surface area contributed by atoms with Crippen LogP contribution in [0.5, 0.6) is 5.75 Å². The number of carboxylic acid groups (broad SMARTS) is 1. The van der Waals surface area contributed by atoms with Gasteiger partial charge in [-0.3, -0.25) is 9.59 Å². The highest BCUT2D eigenvalue weighted by molar-refractivity contribution is 6.32. The summed E-state index contributed by atoms with van der Waals surface area (Å²) in [7, 11) is 0. The number of likely N-dealkylation sites (tertiary alicyclic amines) is 1. The highest BCUT2D eigenvalue weighted by Crippen LogP contribution is 2.31. The molecule has 1 aromatic carbocycles. The van der Waals surface area contributed by atoms with Gasteiger partial charge in [0, 0.05) is 18.7 Å². The molecule has 0 saturated carbocycles. The molecule has 1 aliphatic heterocycles. The van der Waals surface area contributed by atoms with E-state index in [-0.39, 0.29) is 23.2 Å². The van der Waals surface area contributed by atoms with E-state index < -0.39 is 11.4 Å². The summed E-state index contributed by atoms with van der Waals surface area (Å²) in [6, 6.07) is 4.23. The molecule has 0 aromatic heterocycles. The van der Waals surface area contributed by atoms with Crippen LogP contribution in [0.15, 0.2) is 18.2 Å². The van der Waals surface area contributed by atoms with Crippen molar-refractivity contribution in [1.82, 2.24) is 4.90 Å². The Kier molecular flexibility index (Phi) is 3.90. The summed E-state index contributed by atoms with van der Waals surface area (Å²) in [6.07, 6.45) is 1.21. The van der Waals surface area contributed by atoms with Crippen molar-refractivity contribution in [3.05, 3.63) is 28.8 Å². The Hall–Kier alpha value is -1.75. The van der Waals surface area contributed by atoms with Crippen LogP contribution in [0, 0.1) is 5.41 Å². The van der Waals surface area contributed by atoms with E-state index in [9.17, 15) is 19.8 Å². The lowest BCUT2D eigenvalue weighted by atomic mass is 9.82. The Bertz CT molecular complexity index is 560. The van der Waals surface area contributed by atoms with Crippen LogP contribution in [0.2, 0.25) is 5.02 Å². The molecule has 1 unspecified atom stereocenters. The van der Waals surface area contributed by atoms with Gasteiger partial charge in [0.2, 0.25) is 0 Å². The zero-order valence-electron chi connectivity index (χ0n) is 11.1. The van der Waals surface area contributed by atoms with E-state index in [4.69, 9.17) is 11.6 Å². The van der Waals surface area contributed by atoms with Gasteiger partial charge >= 0.3 is 5.97 Å². The number of hydrogen-bond acceptors (Lipinski definition) is 3. The molecule has 1 heterocycles. The van der Waals surface area contributed by atoms with Crippen LogP contribution in [0.1, 0.15) is 30.1 Å². The molecule has 108 valence electrons. The first kappa shape index (κ1) is 14.7. The van der Waals surface area contributed by atoms with Gasteiger partial charge in [0.25, 0.3) is 5.91 Å². The van der Waals surface area contributed by atoms with Crippen molar-refractivity contribution in [3.63, 3.8) is 0 Å². The molecule has 1 amide bonds. The summed E-state index contributed by atoms with van der Waals surface area (Å²) >= 11 is 5.79. The van der Waals surface area contributed by atoms with E-state index in [0.29, 0.717) is 24.9 Å². The summed E-state index contributed by atoms with van der Waals surface area (Å²) in [5.74, 6) is -1.24. The predicted molar refractivity (Wildman–Crippen MR) is 74.0 cm³/mol. The van der Waals surface area contributed by atoms with Gasteiger partial charge in [0.15, 0.2) is 0 Å². The number of benzene rings is 1. The average Bonchev–Trinajstić information content (AvgIpc) is 2.41. The fourth-order valence-corrected chi connectivity index (χ4v) is 2.59. The molecule has 1 atom stereocenters. The van der Waals surface area contributed by atoms with E-state index in [1.807, 2.05) is 0 Å². The van der Waals surface area contributed by atoms with Crippen LogP contribution >= 0.6 is 11.6 Å². The second kappa shape index (κ2) is 5.32. The topological polar surface area (TPSA) is 77.8 Å². The third-order valence-corrected chi connectivity index (χ3v) is 4.00. The van der Waals surface area contributed by atoms with Gasteiger partial charge in [-0.05, 0) is 38.0 Å². The predicted octanol–water partition coefficient (Wildman–Crippen LogP) is 2.37. The number of piperidine rings is 1. The van der Waals surface area contributed by atoms with Crippen LogP contribution < -0.4 is 0 Å². The smallest absolute Gasteiger partial charge is 0.311 e. The quantitative estimate of drug-likeness (QED) is 0.878. The number of phenolic OH excluding ortho intramolecular Hbond substituents is 1. The lowest BCUT2D eigenvalue weighted by Crippen LogP contribution is -2.48. The average molecular weight is 298 g/mol. The van der Waals surface area contributed by atoms with Crippen molar-refractivity contribution in [2.24, 2.45) is 5.41 Å². The molecule has 0 spiro atoms. The standard InChI is InChI=1S/C14H16ClNO4/c1-14(13(19)20)5-2-6-16(8-14)12(18)9-3-4-11(17)10(15)7-9/h3-4,7,17H,2,5-6,8H2,1H3,(H,19,20). The van der Waals surface area contributed by atoms with E-state index in [1.165, 1.54) is 23.1 Å². The van der Waals surface area contributed by atoms with Crippen molar-refractivity contribution >= 4 is 23.5 Å².